The molecule has 0 bridgehead atoms. The number of nitrogens with two attached hydrogens (primary N) is 2. The molecule has 0 aromatic carbocycles. The van der Waals surface area contributed by atoms with E-state index in [-0.39, 0.29) is 18.8 Å². The summed E-state index contributed by atoms with van der Waals surface area (Å²) < 4.78 is 0. The summed E-state index contributed by atoms with van der Waals surface area (Å²) in [7, 11) is 0. The maximum absolute atomic E-state index is 12.5. The molecule has 0 aliphatic heterocycles. The zero-order chi connectivity index (χ0) is 22.7. The van der Waals surface area contributed by atoms with Crippen LogP contribution in [-0.2, 0) is 28.8 Å². The molecule has 3 atom stereocenters. The SMILES string of the molecule is CC(C)C(N)C(=O)NC(CC(=O)O)C(=O)NC(CCC(N)=O)C(=O)NCC(=O)O. The zero-order valence-corrected chi connectivity index (χ0v) is 16.1. The monoisotopic (exact) mass is 417 g/mol. The van der Waals surface area contributed by atoms with E-state index in [1.165, 1.54) is 0 Å². The molecule has 0 spiro atoms. The molecule has 0 saturated carbocycles. The smallest absolute Gasteiger partial charge is 0.322 e. The Bertz CT molecular complexity index is 651. The van der Waals surface area contributed by atoms with Crippen molar-refractivity contribution < 1.29 is 39.0 Å². The van der Waals surface area contributed by atoms with Crippen molar-refractivity contribution in [1.82, 2.24) is 16.0 Å². The van der Waals surface area contributed by atoms with E-state index in [2.05, 4.69) is 10.6 Å². The molecule has 13 nitrogen and oxygen atoms in total. The normalized spacial score (nSPS) is 13.7. The van der Waals surface area contributed by atoms with Crippen LogP contribution < -0.4 is 27.4 Å². The second kappa shape index (κ2) is 12.3. The number of carbonyl (C=O) groups is 6. The Morgan fingerprint density at radius 3 is 1.86 bits per heavy atom. The van der Waals surface area contributed by atoms with E-state index in [9.17, 15) is 28.8 Å². The van der Waals surface area contributed by atoms with Crippen molar-refractivity contribution in [3.63, 3.8) is 0 Å². The number of hydrogen-bond acceptors (Lipinski definition) is 7. The van der Waals surface area contributed by atoms with Crippen LogP contribution in [0.4, 0.5) is 0 Å². The maximum atomic E-state index is 12.5. The van der Waals surface area contributed by atoms with Gasteiger partial charge in [0, 0.05) is 6.42 Å². The number of carboxylic acids is 2. The third-order valence-corrected chi connectivity index (χ3v) is 3.76. The van der Waals surface area contributed by atoms with Gasteiger partial charge >= 0.3 is 11.9 Å². The molecule has 164 valence electrons. The standard InChI is InChI=1S/C16H27N5O8/c1-7(2)13(18)16(29)21-9(5-11(23)24)15(28)20-8(3-4-10(17)22)14(27)19-6-12(25)26/h7-9,13H,3-6,18H2,1-2H3,(H2,17,22)(H,19,27)(H,20,28)(H,21,29)(H,23,24)(H,25,26). The van der Waals surface area contributed by atoms with Crippen LogP contribution in [0.15, 0.2) is 0 Å². The van der Waals surface area contributed by atoms with Gasteiger partial charge in [-0.1, -0.05) is 13.8 Å². The van der Waals surface area contributed by atoms with Crippen molar-refractivity contribution in [1.29, 1.82) is 0 Å². The maximum Gasteiger partial charge on any atom is 0.322 e. The van der Waals surface area contributed by atoms with Crippen molar-refractivity contribution in [3.05, 3.63) is 0 Å². The van der Waals surface area contributed by atoms with Gasteiger partial charge in [0.15, 0.2) is 0 Å². The van der Waals surface area contributed by atoms with Crippen LogP contribution in [0.3, 0.4) is 0 Å². The number of rotatable bonds is 13. The molecule has 0 rings (SSSR count). The highest BCUT2D eigenvalue weighted by atomic mass is 16.4. The van der Waals surface area contributed by atoms with Gasteiger partial charge in [0.1, 0.15) is 18.6 Å². The Balaban J connectivity index is 5.32. The van der Waals surface area contributed by atoms with Crippen LogP contribution in [0.1, 0.15) is 33.1 Å². The average Bonchev–Trinajstić information content (AvgIpc) is 2.60. The summed E-state index contributed by atoms with van der Waals surface area (Å²) in [5, 5.41) is 24.1. The Morgan fingerprint density at radius 2 is 1.41 bits per heavy atom. The van der Waals surface area contributed by atoms with Gasteiger partial charge < -0.3 is 37.6 Å². The van der Waals surface area contributed by atoms with E-state index in [4.69, 9.17) is 21.7 Å². The highest BCUT2D eigenvalue weighted by Crippen LogP contribution is 2.03. The number of hydrogen-bond donors (Lipinski definition) is 7. The molecule has 0 radical (unpaired) electrons. The quantitative estimate of drug-likeness (QED) is 0.160. The Labute approximate surface area is 166 Å². The summed E-state index contributed by atoms with van der Waals surface area (Å²) in [5.74, 6) is -6.48. The predicted octanol–water partition coefficient (Wildman–Crippen LogP) is -3.12. The van der Waals surface area contributed by atoms with E-state index in [0.29, 0.717) is 0 Å². The second-order valence-electron chi connectivity index (χ2n) is 6.61. The molecule has 0 saturated heterocycles. The largest absolute Gasteiger partial charge is 0.481 e. The molecule has 0 aliphatic carbocycles. The second-order valence-corrected chi connectivity index (χ2v) is 6.61. The number of carbonyl (C=O) groups excluding carboxylic acids is 4. The molecule has 4 amide bonds. The van der Waals surface area contributed by atoms with Crippen LogP contribution in [0.25, 0.3) is 0 Å². The first-order valence-corrected chi connectivity index (χ1v) is 8.71. The minimum atomic E-state index is -1.55. The van der Waals surface area contributed by atoms with Crippen LogP contribution in [0, 0.1) is 5.92 Å². The highest BCUT2D eigenvalue weighted by Gasteiger charge is 2.30. The summed E-state index contributed by atoms with van der Waals surface area (Å²) in [6.07, 6.45) is -1.35. The Hall–Kier alpha value is -3.22. The fraction of sp³-hybridized carbons (Fsp3) is 0.625. The van der Waals surface area contributed by atoms with Gasteiger partial charge in [-0.2, -0.15) is 0 Å². The molecule has 0 aromatic heterocycles. The molecule has 0 heterocycles. The van der Waals surface area contributed by atoms with E-state index in [1.54, 1.807) is 13.8 Å². The lowest BCUT2D eigenvalue weighted by Gasteiger charge is -2.24. The lowest BCUT2D eigenvalue weighted by molar-refractivity contribution is -0.141. The van der Waals surface area contributed by atoms with Gasteiger partial charge in [0.05, 0.1) is 12.5 Å². The van der Waals surface area contributed by atoms with Crippen molar-refractivity contribution >= 4 is 35.6 Å². The van der Waals surface area contributed by atoms with E-state index >= 15 is 0 Å². The molecule has 3 unspecified atom stereocenters. The first kappa shape index (κ1) is 25.8. The number of nitrogens with one attached hydrogen (secondary N) is 3. The van der Waals surface area contributed by atoms with E-state index < -0.39 is 66.7 Å². The van der Waals surface area contributed by atoms with Crippen molar-refractivity contribution in [2.75, 3.05) is 6.54 Å². The van der Waals surface area contributed by atoms with Gasteiger partial charge in [-0.05, 0) is 12.3 Å². The molecule has 0 fully saturated rings. The van der Waals surface area contributed by atoms with Crippen molar-refractivity contribution in [2.24, 2.45) is 17.4 Å². The van der Waals surface area contributed by atoms with Gasteiger partial charge in [0.25, 0.3) is 0 Å². The van der Waals surface area contributed by atoms with Gasteiger partial charge in [-0.15, -0.1) is 0 Å². The molecule has 29 heavy (non-hydrogen) atoms. The molecule has 9 N–H and O–H groups in total. The fourth-order valence-electron chi connectivity index (χ4n) is 2.07. The third kappa shape index (κ3) is 10.6. The minimum absolute atomic E-state index is 0.258. The minimum Gasteiger partial charge on any atom is -0.481 e. The zero-order valence-electron chi connectivity index (χ0n) is 16.1. The lowest BCUT2D eigenvalue weighted by Crippen LogP contribution is -2.57. The van der Waals surface area contributed by atoms with Crippen LogP contribution in [0.2, 0.25) is 0 Å². The molecular weight excluding hydrogens is 390 g/mol. The summed E-state index contributed by atoms with van der Waals surface area (Å²) in [5.41, 5.74) is 10.7. The van der Waals surface area contributed by atoms with Crippen molar-refractivity contribution in [2.45, 2.75) is 51.2 Å². The van der Waals surface area contributed by atoms with Gasteiger partial charge in [-0.3, -0.25) is 28.8 Å². The van der Waals surface area contributed by atoms with Crippen molar-refractivity contribution in [3.8, 4) is 0 Å². The van der Waals surface area contributed by atoms with Crippen LogP contribution in [0.5, 0.6) is 0 Å². The topological polar surface area (TPSA) is 231 Å². The highest BCUT2D eigenvalue weighted by molar-refractivity contribution is 5.95. The number of carboxylic acid groups (broad SMARTS) is 2. The van der Waals surface area contributed by atoms with E-state index in [1.807, 2.05) is 5.32 Å². The lowest BCUT2D eigenvalue weighted by atomic mass is 10.0. The van der Waals surface area contributed by atoms with E-state index in [0.717, 1.165) is 0 Å². The number of aliphatic carboxylic acids is 2. The Morgan fingerprint density at radius 1 is 0.862 bits per heavy atom. The average molecular weight is 417 g/mol. The molecule has 0 aliphatic rings. The molecular formula is C16H27N5O8. The fourth-order valence-corrected chi connectivity index (χ4v) is 2.07. The summed E-state index contributed by atoms with van der Waals surface area (Å²) >= 11 is 0. The molecule has 13 heteroatoms. The first-order valence-electron chi connectivity index (χ1n) is 8.71. The summed E-state index contributed by atoms with van der Waals surface area (Å²) in [4.78, 5) is 69.2. The van der Waals surface area contributed by atoms with Crippen LogP contribution in [-0.4, -0.2) is 70.5 Å². The first-order chi connectivity index (χ1) is 13.3. The number of primary amides is 1. The summed E-state index contributed by atoms with van der Waals surface area (Å²) in [6, 6.07) is -3.92. The summed E-state index contributed by atoms with van der Waals surface area (Å²) in [6.45, 7) is 2.58. The molecule has 0 aromatic rings. The van der Waals surface area contributed by atoms with Crippen LogP contribution >= 0.6 is 0 Å². The predicted molar refractivity (Wildman–Crippen MR) is 98.0 cm³/mol. The van der Waals surface area contributed by atoms with Gasteiger partial charge in [0.2, 0.25) is 23.6 Å². The van der Waals surface area contributed by atoms with Gasteiger partial charge in [-0.25, -0.2) is 0 Å². The number of amides is 4. The Kier molecular flexibility index (Phi) is 10.9. The third-order valence-electron chi connectivity index (χ3n) is 3.76.